The van der Waals surface area contributed by atoms with E-state index in [9.17, 15) is 14.7 Å². The number of anilines is 1. The van der Waals surface area contributed by atoms with Crippen molar-refractivity contribution in [1.29, 1.82) is 0 Å². The van der Waals surface area contributed by atoms with Gasteiger partial charge in [-0.05, 0) is 66.6 Å². The highest BCUT2D eigenvalue weighted by Gasteiger charge is 2.67. The van der Waals surface area contributed by atoms with Crippen LogP contribution in [0.4, 0.5) is 10.6 Å². The summed E-state index contributed by atoms with van der Waals surface area (Å²) in [4.78, 5) is 30.3. The van der Waals surface area contributed by atoms with E-state index >= 15 is 0 Å². The summed E-state index contributed by atoms with van der Waals surface area (Å²) in [5, 5.41) is 12.5. The Morgan fingerprint density at radius 3 is 2.96 bits per heavy atom. The number of amides is 2. The Bertz CT molecular complexity index is 785. The van der Waals surface area contributed by atoms with Crippen molar-refractivity contribution in [2.75, 3.05) is 18.5 Å². The topological polar surface area (TPSA) is 101 Å². The zero-order valence-corrected chi connectivity index (χ0v) is 17.3. The van der Waals surface area contributed by atoms with Gasteiger partial charge in [-0.2, -0.15) is 0 Å². The molecule has 152 valence electrons. The third-order valence-corrected chi connectivity index (χ3v) is 6.38. The molecule has 4 atom stereocenters. The van der Waals surface area contributed by atoms with Crippen LogP contribution in [-0.2, 0) is 14.3 Å². The first kappa shape index (κ1) is 19.6. The van der Waals surface area contributed by atoms with Crippen molar-refractivity contribution in [3.05, 3.63) is 22.3 Å². The molecule has 2 aliphatic heterocycles. The van der Waals surface area contributed by atoms with Crippen LogP contribution in [0.5, 0.6) is 0 Å². The Kier molecular flexibility index (Phi) is 5.32. The van der Waals surface area contributed by atoms with E-state index in [2.05, 4.69) is 26.2 Å². The van der Waals surface area contributed by atoms with Crippen LogP contribution in [0.1, 0.15) is 37.7 Å². The highest BCUT2D eigenvalue weighted by atomic mass is 79.9. The maximum Gasteiger partial charge on any atom is 0.408 e. The normalized spacial score (nSPS) is 31.4. The maximum atomic E-state index is 12.9. The summed E-state index contributed by atoms with van der Waals surface area (Å²) in [7, 11) is 0. The Morgan fingerprint density at radius 2 is 2.25 bits per heavy atom. The molecule has 0 aromatic carbocycles. The molecule has 1 aromatic rings. The average Bonchev–Trinajstić information content (AvgIpc) is 3.27. The zero-order valence-electron chi connectivity index (χ0n) is 15.7. The van der Waals surface area contributed by atoms with Gasteiger partial charge in [-0.3, -0.25) is 9.69 Å². The molecule has 0 spiro atoms. The summed E-state index contributed by atoms with van der Waals surface area (Å²) in [5.74, 6) is 0.0859. The molecule has 2 saturated heterocycles. The van der Waals surface area contributed by atoms with Crippen molar-refractivity contribution in [2.24, 2.45) is 5.41 Å². The average molecular weight is 454 g/mol. The van der Waals surface area contributed by atoms with Crippen LogP contribution in [-0.4, -0.2) is 58.6 Å². The fraction of sp³-hybridized carbons (Fsp3) is 0.632. The van der Waals surface area contributed by atoms with E-state index in [0.717, 1.165) is 31.2 Å². The van der Waals surface area contributed by atoms with Gasteiger partial charge in [0.25, 0.3) is 0 Å². The minimum absolute atomic E-state index is 0.180. The number of fused-ring (bicyclic) bond motifs is 1. The van der Waals surface area contributed by atoms with E-state index in [1.807, 2.05) is 13.0 Å². The minimum atomic E-state index is -1.07. The smallest absolute Gasteiger partial charge is 0.408 e. The van der Waals surface area contributed by atoms with Crippen molar-refractivity contribution in [3.8, 4) is 0 Å². The third kappa shape index (κ3) is 3.75. The molecule has 1 unspecified atom stereocenters. The number of pyridine rings is 1. The Hall–Kier alpha value is -1.71. The largest absolute Gasteiger partial charge is 0.465 e. The number of piperidine rings is 1. The van der Waals surface area contributed by atoms with Crippen LogP contribution in [0.25, 0.3) is 0 Å². The molecule has 1 saturated carbocycles. The molecule has 0 radical (unpaired) electrons. The predicted molar refractivity (Wildman–Crippen MR) is 104 cm³/mol. The lowest BCUT2D eigenvalue weighted by Crippen LogP contribution is -2.45. The SMILES string of the molecule is Cc1ccc(Br)nc1NC(=O)[C@@H]1C[C@@]2(COC3CCCCO3)C[C@H]2N1C(=O)O. The number of ether oxygens (including phenoxy) is 2. The molecule has 2 amide bonds. The van der Waals surface area contributed by atoms with Crippen LogP contribution in [0.15, 0.2) is 16.7 Å². The number of carbonyl (C=O) groups is 2. The number of nitrogens with one attached hydrogen (secondary N) is 1. The lowest BCUT2D eigenvalue weighted by molar-refractivity contribution is -0.171. The molecule has 9 heteroatoms. The Labute approximate surface area is 171 Å². The van der Waals surface area contributed by atoms with Crippen molar-refractivity contribution in [2.45, 2.75) is 57.4 Å². The van der Waals surface area contributed by atoms with Crippen molar-refractivity contribution in [1.82, 2.24) is 9.88 Å². The zero-order chi connectivity index (χ0) is 19.9. The number of carboxylic acid groups (broad SMARTS) is 1. The summed E-state index contributed by atoms with van der Waals surface area (Å²) in [6.45, 7) is 2.96. The molecule has 2 N–H and O–H groups in total. The summed E-state index contributed by atoms with van der Waals surface area (Å²) in [6.07, 6.45) is 2.88. The highest BCUT2D eigenvalue weighted by molar-refractivity contribution is 9.10. The number of hydrogen-bond donors (Lipinski definition) is 2. The number of rotatable bonds is 5. The summed E-state index contributed by atoms with van der Waals surface area (Å²) < 4.78 is 12.1. The fourth-order valence-corrected chi connectivity index (χ4v) is 4.58. The first-order chi connectivity index (χ1) is 13.4. The van der Waals surface area contributed by atoms with Crippen molar-refractivity contribution in [3.63, 3.8) is 0 Å². The number of aryl methyl sites for hydroxylation is 1. The van der Waals surface area contributed by atoms with Gasteiger partial charge in [0.2, 0.25) is 5.91 Å². The van der Waals surface area contributed by atoms with E-state index in [1.165, 1.54) is 4.90 Å². The number of nitrogens with zero attached hydrogens (tertiary/aromatic N) is 2. The second-order valence-corrected chi connectivity index (χ2v) is 8.70. The summed E-state index contributed by atoms with van der Waals surface area (Å²) in [6, 6.07) is 2.71. The molecule has 0 bridgehead atoms. The molecule has 28 heavy (non-hydrogen) atoms. The number of halogens is 1. The molecule has 1 aliphatic carbocycles. The van der Waals surface area contributed by atoms with Gasteiger partial charge in [-0.15, -0.1) is 0 Å². The number of hydrogen-bond acceptors (Lipinski definition) is 5. The van der Waals surface area contributed by atoms with E-state index in [4.69, 9.17) is 9.47 Å². The van der Waals surface area contributed by atoms with Crippen LogP contribution in [0.2, 0.25) is 0 Å². The van der Waals surface area contributed by atoms with Gasteiger partial charge in [-0.1, -0.05) is 6.07 Å². The Morgan fingerprint density at radius 1 is 1.43 bits per heavy atom. The van der Waals surface area contributed by atoms with Crippen LogP contribution >= 0.6 is 15.9 Å². The Balaban J connectivity index is 1.44. The molecule has 4 rings (SSSR count). The monoisotopic (exact) mass is 453 g/mol. The van der Waals surface area contributed by atoms with Gasteiger partial charge in [-0.25, -0.2) is 9.78 Å². The standard InChI is InChI=1S/C19H24BrN3O5/c1-11-5-6-14(20)21-16(11)22-17(24)12-8-19(9-13(19)23(12)18(25)26)10-28-15-4-2-3-7-27-15/h5-6,12-13,15H,2-4,7-10H2,1H3,(H,25,26)(H,21,22,24)/t12-,13+,15?,19-/m0/s1. The first-order valence-corrected chi connectivity index (χ1v) is 10.4. The third-order valence-electron chi connectivity index (χ3n) is 5.94. The first-order valence-electron chi connectivity index (χ1n) is 9.58. The van der Waals surface area contributed by atoms with Crippen LogP contribution in [0.3, 0.4) is 0 Å². The summed E-state index contributed by atoms with van der Waals surface area (Å²) >= 11 is 3.29. The molecular formula is C19H24BrN3O5. The molecule has 3 fully saturated rings. The fourth-order valence-electron chi connectivity index (χ4n) is 4.27. The van der Waals surface area contributed by atoms with E-state index in [1.54, 1.807) is 6.07 Å². The van der Waals surface area contributed by atoms with E-state index in [-0.39, 0.29) is 23.7 Å². The molecular weight excluding hydrogens is 430 g/mol. The number of likely N-dealkylation sites (tertiary alicyclic amines) is 1. The summed E-state index contributed by atoms with van der Waals surface area (Å²) in [5.41, 5.74) is 0.523. The van der Waals surface area contributed by atoms with Gasteiger partial charge in [0.1, 0.15) is 16.5 Å². The van der Waals surface area contributed by atoms with E-state index < -0.39 is 12.1 Å². The quantitative estimate of drug-likeness (QED) is 0.663. The maximum absolute atomic E-state index is 12.9. The van der Waals surface area contributed by atoms with Gasteiger partial charge >= 0.3 is 6.09 Å². The predicted octanol–water partition coefficient (Wildman–Crippen LogP) is 3.15. The second-order valence-electron chi connectivity index (χ2n) is 7.89. The van der Waals surface area contributed by atoms with Crippen molar-refractivity contribution >= 4 is 33.7 Å². The molecule has 3 heterocycles. The van der Waals surface area contributed by atoms with E-state index in [0.29, 0.717) is 30.1 Å². The van der Waals surface area contributed by atoms with Gasteiger partial charge in [0.05, 0.1) is 6.61 Å². The number of carbonyl (C=O) groups excluding carboxylic acids is 1. The van der Waals surface area contributed by atoms with Gasteiger partial charge in [0, 0.05) is 18.1 Å². The van der Waals surface area contributed by atoms with Crippen LogP contribution in [0, 0.1) is 12.3 Å². The molecule has 8 nitrogen and oxygen atoms in total. The second kappa shape index (κ2) is 7.61. The van der Waals surface area contributed by atoms with Crippen LogP contribution < -0.4 is 5.32 Å². The lowest BCUT2D eigenvalue weighted by atomic mass is 10.00. The molecule has 1 aromatic heterocycles. The highest BCUT2D eigenvalue weighted by Crippen LogP contribution is 2.60. The molecule has 3 aliphatic rings. The van der Waals surface area contributed by atoms with Gasteiger partial charge in [0.15, 0.2) is 6.29 Å². The number of aromatic nitrogens is 1. The minimum Gasteiger partial charge on any atom is -0.465 e. The van der Waals surface area contributed by atoms with Crippen molar-refractivity contribution < 1.29 is 24.2 Å². The van der Waals surface area contributed by atoms with Gasteiger partial charge < -0.3 is 19.9 Å². The lowest BCUT2D eigenvalue weighted by Gasteiger charge is -2.25.